The van der Waals surface area contributed by atoms with E-state index in [1.54, 1.807) is 6.26 Å². The minimum atomic E-state index is 0.799. The molecule has 0 amide bonds. The maximum absolute atomic E-state index is 5.30. The number of hydrogen-bond acceptors (Lipinski definition) is 1. The van der Waals surface area contributed by atoms with Crippen molar-refractivity contribution in [2.24, 2.45) is 0 Å². The molecule has 0 spiro atoms. The van der Waals surface area contributed by atoms with Gasteiger partial charge in [-0.15, -0.1) is 0 Å². The third-order valence-electron chi connectivity index (χ3n) is 3.39. The molecule has 0 bridgehead atoms. The van der Waals surface area contributed by atoms with E-state index in [-0.39, 0.29) is 0 Å². The molecule has 17 heavy (non-hydrogen) atoms. The molecule has 0 aromatic heterocycles. The molecule has 0 aliphatic heterocycles. The first kappa shape index (κ1) is 16.1. The molecule has 0 rings (SSSR count). The fourth-order valence-electron chi connectivity index (χ4n) is 1.66. The van der Waals surface area contributed by atoms with E-state index in [1.807, 2.05) is 6.08 Å². The molecule has 0 heterocycles. The van der Waals surface area contributed by atoms with Crippen molar-refractivity contribution in [2.45, 2.75) is 40.5 Å². The molecule has 2 heteroatoms. The molecule has 0 N–H and O–H groups in total. The Hall–Kier alpha value is -0.940. The molecule has 0 aliphatic rings. The summed E-state index contributed by atoms with van der Waals surface area (Å²) >= 11 is 0. The van der Waals surface area contributed by atoms with Crippen LogP contribution in [0, 0.1) is 11.8 Å². The zero-order valence-corrected chi connectivity index (χ0v) is 12.0. The number of rotatable bonds is 8. The van der Waals surface area contributed by atoms with Gasteiger partial charge in [0.1, 0.15) is 6.54 Å². The van der Waals surface area contributed by atoms with Crippen LogP contribution in [-0.2, 0) is 4.74 Å². The van der Waals surface area contributed by atoms with Gasteiger partial charge >= 0.3 is 0 Å². The van der Waals surface area contributed by atoms with Crippen molar-refractivity contribution in [2.75, 3.05) is 32.8 Å². The molecule has 0 unspecified atom stereocenters. The molecule has 0 aromatic carbocycles. The first-order chi connectivity index (χ1) is 8.24. The van der Waals surface area contributed by atoms with Crippen molar-refractivity contribution >= 4 is 0 Å². The zero-order chi connectivity index (χ0) is 13.0. The predicted molar refractivity (Wildman–Crippen MR) is 74.5 cm³/mol. The molecule has 2 nitrogen and oxygen atoms in total. The number of allylic oxidation sites excluding steroid dienone is 1. The second-order valence-electron chi connectivity index (χ2n) is 4.30. The lowest BCUT2D eigenvalue weighted by Crippen LogP contribution is -2.47. The van der Waals surface area contributed by atoms with Crippen LogP contribution >= 0.6 is 0 Å². The van der Waals surface area contributed by atoms with E-state index >= 15 is 0 Å². The summed E-state index contributed by atoms with van der Waals surface area (Å²) < 4.78 is 6.38. The molecule has 0 fully saturated rings. The van der Waals surface area contributed by atoms with Crippen molar-refractivity contribution in [3.63, 3.8) is 0 Å². The zero-order valence-electron chi connectivity index (χ0n) is 12.0. The highest BCUT2D eigenvalue weighted by Gasteiger charge is 2.18. The van der Waals surface area contributed by atoms with Gasteiger partial charge in [-0.25, -0.2) is 0 Å². The van der Waals surface area contributed by atoms with Crippen LogP contribution in [0.15, 0.2) is 12.3 Å². The minimum Gasteiger partial charge on any atom is -0.501 e. The van der Waals surface area contributed by atoms with E-state index in [0.29, 0.717) is 0 Å². The lowest BCUT2D eigenvalue weighted by atomic mass is 10.3. The summed E-state index contributed by atoms with van der Waals surface area (Å²) in [5.74, 6) is 6.27. The number of ether oxygens (including phenoxy) is 1. The summed E-state index contributed by atoms with van der Waals surface area (Å²) in [6, 6.07) is 0. The van der Waals surface area contributed by atoms with E-state index in [9.17, 15) is 0 Å². The fourth-order valence-corrected chi connectivity index (χ4v) is 1.66. The van der Waals surface area contributed by atoms with Crippen LogP contribution in [-0.4, -0.2) is 37.3 Å². The van der Waals surface area contributed by atoms with E-state index in [4.69, 9.17) is 4.74 Å². The summed E-state index contributed by atoms with van der Waals surface area (Å²) in [7, 11) is 0. The molecule has 0 radical (unpaired) electrons. The third kappa shape index (κ3) is 7.07. The van der Waals surface area contributed by atoms with Gasteiger partial charge < -0.3 is 9.22 Å². The highest BCUT2D eigenvalue weighted by Crippen LogP contribution is 2.03. The normalized spacial score (nSPS) is 11.3. The van der Waals surface area contributed by atoms with Gasteiger partial charge in [0.25, 0.3) is 0 Å². The quantitative estimate of drug-likeness (QED) is 0.273. The Balaban J connectivity index is 3.93. The first-order valence-corrected chi connectivity index (χ1v) is 6.84. The largest absolute Gasteiger partial charge is 0.501 e. The molecule has 0 aromatic rings. The van der Waals surface area contributed by atoms with Crippen LogP contribution in [0.25, 0.3) is 0 Å². The van der Waals surface area contributed by atoms with E-state index in [0.717, 1.165) is 43.7 Å². The van der Waals surface area contributed by atoms with Crippen LogP contribution in [0.2, 0.25) is 0 Å². The molecular formula is C15H28NO+. The number of quaternary nitrogens is 1. The third-order valence-corrected chi connectivity index (χ3v) is 3.39. The van der Waals surface area contributed by atoms with Gasteiger partial charge in [-0.1, -0.05) is 19.3 Å². The van der Waals surface area contributed by atoms with Crippen molar-refractivity contribution in [3.8, 4) is 11.8 Å². The SMILES string of the molecule is CCCCOC=CC#CC[N+](CC)(CC)CC. The monoisotopic (exact) mass is 238 g/mol. The summed E-state index contributed by atoms with van der Waals surface area (Å²) in [6.07, 6.45) is 5.80. The van der Waals surface area contributed by atoms with Crippen molar-refractivity contribution < 1.29 is 9.22 Å². The van der Waals surface area contributed by atoms with Crippen LogP contribution in [0.3, 0.4) is 0 Å². The minimum absolute atomic E-state index is 0.799. The Morgan fingerprint density at radius 3 is 2.24 bits per heavy atom. The maximum atomic E-state index is 5.30. The van der Waals surface area contributed by atoms with E-state index < -0.39 is 0 Å². The van der Waals surface area contributed by atoms with Crippen molar-refractivity contribution in [1.82, 2.24) is 0 Å². The highest BCUT2D eigenvalue weighted by atomic mass is 16.5. The molecule has 0 aliphatic carbocycles. The predicted octanol–water partition coefficient (Wildman–Crippen LogP) is 3.20. The summed E-state index contributed by atoms with van der Waals surface area (Å²) in [5, 5.41) is 0. The topological polar surface area (TPSA) is 9.23 Å². The average Bonchev–Trinajstić information content (AvgIpc) is 2.38. The van der Waals surface area contributed by atoms with Crippen molar-refractivity contribution in [3.05, 3.63) is 12.3 Å². The van der Waals surface area contributed by atoms with E-state index in [1.165, 1.54) is 6.42 Å². The van der Waals surface area contributed by atoms with E-state index in [2.05, 4.69) is 39.5 Å². The van der Waals surface area contributed by atoms with Gasteiger partial charge in [-0.3, -0.25) is 0 Å². The van der Waals surface area contributed by atoms with Crippen LogP contribution < -0.4 is 0 Å². The summed E-state index contributed by atoms with van der Waals surface area (Å²) in [5.41, 5.74) is 0. The second kappa shape index (κ2) is 10.2. The lowest BCUT2D eigenvalue weighted by molar-refractivity contribution is -0.916. The Morgan fingerprint density at radius 2 is 1.71 bits per heavy atom. The summed E-state index contributed by atoms with van der Waals surface area (Å²) in [6.45, 7) is 14.0. The molecule has 0 saturated heterocycles. The fraction of sp³-hybridized carbons (Fsp3) is 0.733. The van der Waals surface area contributed by atoms with Crippen LogP contribution in [0.1, 0.15) is 40.5 Å². The number of unbranched alkanes of at least 4 members (excludes halogenated alkanes) is 1. The molecular weight excluding hydrogens is 210 g/mol. The first-order valence-electron chi connectivity index (χ1n) is 6.84. The van der Waals surface area contributed by atoms with Gasteiger partial charge in [0.2, 0.25) is 0 Å². The van der Waals surface area contributed by atoms with Gasteiger partial charge in [0.15, 0.2) is 0 Å². The van der Waals surface area contributed by atoms with Crippen molar-refractivity contribution in [1.29, 1.82) is 0 Å². The number of nitrogens with zero attached hydrogens (tertiary/aromatic N) is 1. The maximum Gasteiger partial charge on any atom is 0.141 e. The van der Waals surface area contributed by atoms with Gasteiger partial charge in [-0.2, -0.15) is 0 Å². The Labute approximate surface area is 107 Å². The highest BCUT2D eigenvalue weighted by molar-refractivity contribution is 5.13. The Kier molecular flexibility index (Phi) is 9.66. The second-order valence-corrected chi connectivity index (χ2v) is 4.30. The van der Waals surface area contributed by atoms with Gasteiger partial charge in [0.05, 0.1) is 32.5 Å². The number of hydrogen-bond donors (Lipinski definition) is 0. The Morgan fingerprint density at radius 1 is 1.06 bits per heavy atom. The molecule has 98 valence electrons. The van der Waals surface area contributed by atoms with Gasteiger partial charge in [0, 0.05) is 6.08 Å². The van der Waals surface area contributed by atoms with Crippen LogP contribution in [0.5, 0.6) is 0 Å². The standard InChI is InChI=1S/C15H28NO/c1-5-9-14-17-15-12-10-11-13-16(6-2,7-3)8-4/h12,15H,5-9,13-14H2,1-4H3/q+1. The smallest absolute Gasteiger partial charge is 0.141 e. The molecule has 0 saturated carbocycles. The average molecular weight is 238 g/mol. The summed E-state index contributed by atoms with van der Waals surface area (Å²) in [4.78, 5) is 0. The lowest BCUT2D eigenvalue weighted by Gasteiger charge is -2.33. The Bertz CT molecular complexity index is 248. The molecule has 0 atom stereocenters. The van der Waals surface area contributed by atoms with Gasteiger partial charge in [-0.05, 0) is 33.1 Å². The van der Waals surface area contributed by atoms with Crippen LogP contribution in [0.4, 0.5) is 0 Å².